The van der Waals surface area contributed by atoms with Crippen molar-refractivity contribution in [2.75, 3.05) is 6.61 Å². The number of rotatable bonds is 4. The van der Waals surface area contributed by atoms with Gasteiger partial charge in [0.05, 0.1) is 13.2 Å². The van der Waals surface area contributed by atoms with Gasteiger partial charge in [0.25, 0.3) is 0 Å². The molecular formula is C14H20BrNO. The Morgan fingerprint density at radius 2 is 1.88 bits per heavy atom. The zero-order valence-electron chi connectivity index (χ0n) is 10.1. The summed E-state index contributed by atoms with van der Waals surface area (Å²) in [6.45, 7) is 1.31. The highest BCUT2D eigenvalue weighted by atomic mass is 79.9. The van der Waals surface area contributed by atoms with Gasteiger partial charge in [-0.15, -0.1) is 0 Å². The number of nitrogens with two attached hydrogens (primary N) is 1. The fourth-order valence-corrected chi connectivity index (χ4v) is 2.78. The monoisotopic (exact) mass is 297 g/mol. The van der Waals surface area contributed by atoms with Crippen molar-refractivity contribution < 1.29 is 4.74 Å². The van der Waals surface area contributed by atoms with Gasteiger partial charge < -0.3 is 10.5 Å². The molecule has 2 N–H and O–H groups in total. The summed E-state index contributed by atoms with van der Waals surface area (Å²) in [6, 6.07) is 8.16. The van der Waals surface area contributed by atoms with Crippen molar-refractivity contribution in [2.45, 2.75) is 44.2 Å². The van der Waals surface area contributed by atoms with E-state index in [0.29, 0.717) is 13.2 Å². The maximum Gasteiger partial charge on any atom is 0.0728 e. The van der Waals surface area contributed by atoms with Crippen LogP contribution in [0.5, 0.6) is 0 Å². The minimum absolute atomic E-state index is 0.0838. The molecule has 1 fully saturated rings. The molecule has 94 valence electrons. The van der Waals surface area contributed by atoms with Gasteiger partial charge in [-0.25, -0.2) is 0 Å². The fraction of sp³-hybridized carbons (Fsp3) is 0.571. The van der Waals surface area contributed by atoms with Crippen molar-refractivity contribution >= 4 is 15.9 Å². The third-order valence-corrected chi connectivity index (χ3v) is 4.23. The zero-order valence-corrected chi connectivity index (χ0v) is 11.7. The van der Waals surface area contributed by atoms with Gasteiger partial charge in [0, 0.05) is 10.0 Å². The molecule has 1 aliphatic carbocycles. The SMILES string of the molecule is NC1(COCc2ccccc2Br)CCCCC1. The lowest BCUT2D eigenvalue weighted by Crippen LogP contribution is -2.46. The van der Waals surface area contributed by atoms with E-state index in [0.717, 1.165) is 17.3 Å². The van der Waals surface area contributed by atoms with Crippen molar-refractivity contribution in [1.29, 1.82) is 0 Å². The maximum atomic E-state index is 6.32. The van der Waals surface area contributed by atoms with Crippen LogP contribution in [-0.2, 0) is 11.3 Å². The molecule has 2 nitrogen and oxygen atoms in total. The molecule has 0 spiro atoms. The van der Waals surface area contributed by atoms with Crippen LogP contribution in [0.2, 0.25) is 0 Å². The molecule has 0 heterocycles. The summed E-state index contributed by atoms with van der Waals surface area (Å²) in [4.78, 5) is 0. The highest BCUT2D eigenvalue weighted by Gasteiger charge is 2.27. The van der Waals surface area contributed by atoms with Crippen LogP contribution in [0.3, 0.4) is 0 Å². The van der Waals surface area contributed by atoms with E-state index < -0.39 is 0 Å². The Morgan fingerprint density at radius 3 is 2.59 bits per heavy atom. The summed E-state index contributed by atoms with van der Waals surface area (Å²) in [5.74, 6) is 0. The predicted molar refractivity (Wildman–Crippen MR) is 73.8 cm³/mol. The summed E-state index contributed by atoms with van der Waals surface area (Å²) >= 11 is 3.52. The highest BCUT2D eigenvalue weighted by Crippen LogP contribution is 2.26. The van der Waals surface area contributed by atoms with Gasteiger partial charge >= 0.3 is 0 Å². The molecule has 0 bridgehead atoms. The quantitative estimate of drug-likeness (QED) is 0.921. The number of halogens is 1. The van der Waals surface area contributed by atoms with E-state index in [1.807, 2.05) is 18.2 Å². The van der Waals surface area contributed by atoms with Crippen LogP contribution in [0.25, 0.3) is 0 Å². The van der Waals surface area contributed by atoms with E-state index in [9.17, 15) is 0 Å². The minimum atomic E-state index is -0.0838. The Kier molecular flexibility index (Phi) is 4.60. The van der Waals surface area contributed by atoms with Gasteiger partial charge in [-0.3, -0.25) is 0 Å². The molecule has 17 heavy (non-hydrogen) atoms. The Labute approximate surface area is 112 Å². The lowest BCUT2D eigenvalue weighted by Gasteiger charge is -2.33. The van der Waals surface area contributed by atoms with E-state index >= 15 is 0 Å². The van der Waals surface area contributed by atoms with E-state index in [4.69, 9.17) is 10.5 Å². The smallest absolute Gasteiger partial charge is 0.0728 e. The van der Waals surface area contributed by atoms with Gasteiger partial charge in [0.15, 0.2) is 0 Å². The maximum absolute atomic E-state index is 6.32. The van der Waals surface area contributed by atoms with Crippen LogP contribution in [0.15, 0.2) is 28.7 Å². The summed E-state index contributed by atoms with van der Waals surface area (Å²) in [7, 11) is 0. The van der Waals surface area contributed by atoms with E-state index in [1.54, 1.807) is 0 Å². The topological polar surface area (TPSA) is 35.2 Å². The van der Waals surface area contributed by atoms with Crippen molar-refractivity contribution in [1.82, 2.24) is 0 Å². The van der Waals surface area contributed by atoms with E-state index in [2.05, 4.69) is 22.0 Å². The van der Waals surface area contributed by atoms with Crippen LogP contribution in [0, 0.1) is 0 Å². The Bertz CT molecular complexity index is 361. The summed E-state index contributed by atoms with van der Waals surface area (Å²) in [5, 5.41) is 0. The molecule has 0 aliphatic heterocycles. The molecular weight excluding hydrogens is 278 g/mol. The summed E-state index contributed by atoms with van der Waals surface area (Å²) in [5.41, 5.74) is 7.43. The van der Waals surface area contributed by atoms with Crippen LogP contribution < -0.4 is 5.73 Å². The standard InChI is InChI=1S/C14H20BrNO/c15-13-7-3-2-6-12(13)10-17-11-14(16)8-4-1-5-9-14/h2-3,6-7H,1,4-5,8-11,16H2. The van der Waals surface area contributed by atoms with Crippen LogP contribution in [0.4, 0.5) is 0 Å². The average molecular weight is 298 g/mol. The van der Waals surface area contributed by atoms with Crippen molar-refractivity contribution in [2.24, 2.45) is 5.73 Å². The largest absolute Gasteiger partial charge is 0.375 e. The minimum Gasteiger partial charge on any atom is -0.375 e. The molecule has 0 radical (unpaired) electrons. The molecule has 1 aliphatic rings. The van der Waals surface area contributed by atoms with Crippen LogP contribution in [-0.4, -0.2) is 12.1 Å². The second-order valence-corrected chi connectivity index (χ2v) is 5.86. The zero-order chi connectivity index (χ0) is 12.1. The van der Waals surface area contributed by atoms with Crippen LogP contribution in [0.1, 0.15) is 37.7 Å². The Morgan fingerprint density at radius 1 is 1.18 bits per heavy atom. The summed E-state index contributed by atoms with van der Waals surface area (Å²) < 4.78 is 6.89. The van der Waals surface area contributed by atoms with Crippen molar-refractivity contribution in [3.8, 4) is 0 Å². The molecule has 0 atom stereocenters. The van der Waals surface area contributed by atoms with E-state index in [1.165, 1.54) is 24.8 Å². The van der Waals surface area contributed by atoms with Gasteiger partial charge in [0.1, 0.15) is 0 Å². The second kappa shape index (κ2) is 5.98. The highest BCUT2D eigenvalue weighted by molar-refractivity contribution is 9.10. The molecule has 0 amide bonds. The predicted octanol–water partition coefficient (Wildman–Crippen LogP) is 3.63. The van der Waals surface area contributed by atoms with E-state index in [-0.39, 0.29) is 5.54 Å². The molecule has 0 aromatic heterocycles. The van der Waals surface area contributed by atoms with Gasteiger partial charge in [-0.2, -0.15) is 0 Å². The molecule has 0 saturated heterocycles. The Balaban J connectivity index is 1.81. The molecule has 0 unspecified atom stereocenters. The number of hydrogen-bond acceptors (Lipinski definition) is 2. The number of ether oxygens (including phenoxy) is 1. The summed E-state index contributed by atoms with van der Waals surface area (Å²) in [6.07, 6.45) is 6.01. The normalized spacial score (nSPS) is 19.2. The number of benzene rings is 1. The lowest BCUT2D eigenvalue weighted by atomic mass is 9.83. The Hall–Kier alpha value is -0.380. The second-order valence-electron chi connectivity index (χ2n) is 5.01. The first kappa shape index (κ1) is 13.1. The van der Waals surface area contributed by atoms with Gasteiger partial charge in [0.2, 0.25) is 0 Å². The third kappa shape index (κ3) is 3.80. The lowest BCUT2D eigenvalue weighted by molar-refractivity contribution is 0.0572. The fourth-order valence-electron chi connectivity index (χ4n) is 2.38. The van der Waals surface area contributed by atoms with Crippen LogP contribution >= 0.6 is 15.9 Å². The van der Waals surface area contributed by atoms with Gasteiger partial charge in [-0.05, 0) is 24.5 Å². The molecule has 1 saturated carbocycles. The van der Waals surface area contributed by atoms with Crippen molar-refractivity contribution in [3.63, 3.8) is 0 Å². The molecule has 1 aromatic carbocycles. The van der Waals surface area contributed by atoms with Crippen molar-refractivity contribution in [3.05, 3.63) is 34.3 Å². The number of hydrogen-bond donors (Lipinski definition) is 1. The first-order chi connectivity index (χ1) is 8.20. The molecule has 1 aromatic rings. The molecule has 3 heteroatoms. The first-order valence-electron chi connectivity index (χ1n) is 6.30. The first-order valence-corrected chi connectivity index (χ1v) is 7.09. The van der Waals surface area contributed by atoms with Gasteiger partial charge in [-0.1, -0.05) is 53.4 Å². The third-order valence-electron chi connectivity index (χ3n) is 3.45. The molecule has 2 rings (SSSR count). The average Bonchev–Trinajstić information content (AvgIpc) is 2.32.